The maximum Gasteiger partial charge on any atom is 0.197 e. The predicted molar refractivity (Wildman–Crippen MR) is 77.3 cm³/mol. The summed E-state index contributed by atoms with van der Waals surface area (Å²) >= 11 is 0. The molecule has 0 aromatic heterocycles. The van der Waals surface area contributed by atoms with Crippen molar-refractivity contribution in [1.29, 1.82) is 0 Å². The van der Waals surface area contributed by atoms with Gasteiger partial charge >= 0.3 is 0 Å². The van der Waals surface area contributed by atoms with Crippen LogP contribution in [0.5, 0.6) is 5.75 Å². The quantitative estimate of drug-likeness (QED) is 0.769. The second kappa shape index (κ2) is 7.51. The number of aliphatic hydroxyl groups excluding tert-OH is 1. The molecule has 108 valence electrons. The first-order valence-electron chi connectivity index (χ1n) is 6.89. The first kappa shape index (κ1) is 16.0. The molecule has 0 fully saturated rings. The van der Waals surface area contributed by atoms with E-state index in [4.69, 9.17) is 14.6 Å². The van der Waals surface area contributed by atoms with Gasteiger partial charge in [-0.15, -0.1) is 0 Å². The van der Waals surface area contributed by atoms with Crippen molar-refractivity contribution in [3.05, 3.63) is 29.8 Å². The second-order valence-electron chi connectivity index (χ2n) is 5.98. The van der Waals surface area contributed by atoms with Gasteiger partial charge in [0, 0.05) is 0 Å². The van der Waals surface area contributed by atoms with Crippen LogP contribution in [0.3, 0.4) is 0 Å². The highest BCUT2D eigenvalue weighted by Gasteiger charge is 2.10. The Bertz CT molecular complexity index is 351. The van der Waals surface area contributed by atoms with E-state index in [0.717, 1.165) is 12.2 Å². The highest BCUT2D eigenvalue weighted by atomic mass is 16.7. The lowest BCUT2D eigenvalue weighted by molar-refractivity contribution is -0.0760. The molecule has 3 heteroatoms. The molecule has 0 spiro atoms. The molecule has 3 nitrogen and oxygen atoms in total. The summed E-state index contributed by atoms with van der Waals surface area (Å²) in [5.74, 6) is 0.796. The van der Waals surface area contributed by atoms with Crippen molar-refractivity contribution in [2.24, 2.45) is 5.41 Å². The molecule has 1 N–H and O–H groups in total. The van der Waals surface area contributed by atoms with Crippen LogP contribution >= 0.6 is 0 Å². The summed E-state index contributed by atoms with van der Waals surface area (Å²) in [5, 5.41) is 8.66. The fourth-order valence-corrected chi connectivity index (χ4v) is 1.70. The van der Waals surface area contributed by atoms with Gasteiger partial charge in [0.2, 0.25) is 0 Å². The average Bonchev–Trinajstić information content (AvgIpc) is 2.34. The fourth-order valence-electron chi connectivity index (χ4n) is 1.70. The van der Waals surface area contributed by atoms with Crippen molar-refractivity contribution in [2.45, 2.75) is 46.8 Å². The van der Waals surface area contributed by atoms with Crippen molar-refractivity contribution >= 4 is 0 Å². The molecule has 0 amide bonds. The predicted octanol–water partition coefficient (Wildman–Crippen LogP) is 3.40. The monoisotopic (exact) mass is 266 g/mol. The van der Waals surface area contributed by atoms with Gasteiger partial charge < -0.3 is 14.6 Å². The van der Waals surface area contributed by atoms with Crippen LogP contribution in [0.4, 0.5) is 0 Å². The van der Waals surface area contributed by atoms with Crippen LogP contribution in [0.25, 0.3) is 0 Å². The molecule has 1 aromatic rings. The maximum absolute atomic E-state index is 8.66. The summed E-state index contributed by atoms with van der Waals surface area (Å²) in [4.78, 5) is 0. The first-order valence-corrected chi connectivity index (χ1v) is 6.89. The SMILES string of the molecule is CC(OCCO)Oc1ccc(CCC(C)(C)C)cc1. The van der Waals surface area contributed by atoms with Crippen LogP contribution in [0.2, 0.25) is 0 Å². The van der Waals surface area contributed by atoms with Crippen LogP contribution in [-0.2, 0) is 11.2 Å². The summed E-state index contributed by atoms with van der Waals surface area (Å²) in [7, 11) is 0. The summed E-state index contributed by atoms with van der Waals surface area (Å²) in [5.41, 5.74) is 1.69. The zero-order valence-corrected chi connectivity index (χ0v) is 12.5. The third kappa shape index (κ3) is 7.19. The number of hydrogen-bond donors (Lipinski definition) is 1. The minimum atomic E-state index is -0.340. The van der Waals surface area contributed by atoms with Crippen molar-refractivity contribution in [1.82, 2.24) is 0 Å². The number of rotatable bonds is 7. The Morgan fingerprint density at radius 2 is 1.79 bits per heavy atom. The summed E-state index contributed by atoms with van der Waals surface area (Å²) in [6.07, 6.45) is 1.91. The second-order valence-corrected chi connectivity index (χ2v) is 5.98. The lowest BCUT2D eigenvalue weighted by Crippen LogP contribution is -2.18. The van der Waals surface area contributed by atoms with E-state index in [1.54, 1.807) is 0 Å². The minimum absolute atomic E-state index is 0.0133. The molecule has 0 saturated heterocycles. The van der Waals surface area contributed by atoms with Crippen LogP contribution in [0, 0.1) is 5.41 Å². The topological polar surface area (TPSA) is 38.7 Å². The van der Waals surface area contributed by atoms with Crippen LogP contribution < -0.4 is 4.74 Å². The van der Waals surface area contributed by atoms with Crippen molar-refractivity contribution in [3.8, 4) is 5.75 Å². The van der Waals surface area contributed by atoms with Crippen LogP contribution in [0.15, 0.2) is 24.3 Å². The third-order valence-electron chi connectivity index (χ3n) is 2.83. The molecule has 0 aliphatic heterocycles. The highest BCUT2D eigenvalue weighted by molar-refractivity contribution is 5.27. The third-order valence-corrected chi connectivity index (χ3v) is 2.83. The number of aryl methyl sites for hydroxylation is 1. The Hall–Kier alpha value is -1.06. The van der Waals surface area contributed by atoms with Gasteiger partial charge in [0.25, 0.3) is 0 Å². The molecule has 1 unspecified atom stereocenters. The Morgan fingerprint density at radius 1 is 1.16 bits per heavy atom. The molecule has 19 heavy (non-hydrogen) atoms. The van der Waals surface area contributed by atoms with E-state index < -0.39 is 0 Å². The van der Waals surface area contributed by atoms with Crippen molar-refractivity contribution in [3.63, 3.8) is 0 Å². The molecule has 1 aromatic carbocycles. The fraction of sp³-hybridized carbons (Fsp3) is 0.625. The van der Waals surface area contributed by atoms with Gasteiger partial charge in [-0.05, 0) is 42.9 Å². The van der Waals surface area contributed by atoms with E-state index in [9.17, 15) is 0 Å². The maximum atomic E-state index is 8.66. The van der Waals surface area contributed by atoms with E-state index in [0.29, 0.717) is 12.0 Å². The molecule has 0 saturated carbocycles. The van der Waals surface area contributed by atoms with Crippen LogP contribution in [-0.4, -0.2) is 24.6 Å². The van der Waals surface area contributed by atoms with Gasteiger partial charge in [-0.1, -0.05) is 32.9 Å². The Kier molecular flexibility index (Phi) is 6.32. The molecule has 1 rings (SSSR count). The molecule has 0 heterocycles. The minimum Gasteiger partial charge on any atom is -0.465 e. The lowest BCUT2D eigenvalue weighted by atomic mass is 9.89. The van der Waals surface area contributed by atoms with Gasteiger partial charge in [0.1, 0.15) is 5.75 Å². The van der Waals surface area contributed by atoms with E-state index in [1.165, 1.54) is 12.0 Å². The molecule has 1 atom stereocenters. The molecule has 0 bridgehead atoms. The Labute approximate surface area is 116 Å². The van der Waals surface area contributed by atoms with E-state index >= 15 is 0 Å². The Balaban J connectivity index is 2.43. The number of hydrogen-bond acceptors (Lipinski definition) is 3. The number of aliphatic hydroxyl groups is 1. The molecule has 0 radical (unpaired) electrons. The average molecular weight is 266 g/mol. The normalized spacial score (nSPS) is 13.3. The molecular formula is C16H26O3. The van der Waals surface area contributed by atoms with Gasteiger partial charge in [-0.25, -0.2) is 0 Å². The van der Waals surface area contributed by atoms with E-state index in [2.05, 4.69) is 32.9 Å². The van der Waals surface area contributed by atoms with Crippen molar-refractivity contribution < 1.29 is 14.6 Å². The Morgan fingerprint density at radius 3 is 2.32 bits per heavy atom. The molecule has 0 aliphatic rings. The molecule has 0 aliphatic carbocycles. The number of benzene rings is 1. The van der Waals surface area contributed by atoms with E-state index in [-0.39, 0.29) is 12.9 Å². The summed E-state index contributed by atoms with van der Waals surface area (Å²) in [6, 6.07) is 8.13. The summed E-state index contributed by atoms with van der Waals surface area (Å²) in [6.45, 7) is 8.90. The molecular weight excluding hydrogens is 240 g/mol. The number of ether oxygens (including phenoxy) is 2. The largest absolute Gasteiger partial charge is 0.465 e. The lowest BCUT2D eigenvalue weighted by Gasteiger charge is -2.18. The van der Waals surface area contributed by atoms with Gasteiger partial charge in [-0.2, -0.15) is 0 Å². The van der Waals surface area contributed by atoms with E-state index in [1.807, 2.05) is 19.1 Å². The zero-order valence-electron chi connectivity index (χ0n) is 12.5. The standard InChI is InChI=1S/C16H26O3/c1-13(18-12-11-17)19-15-7-5-14(6-8-15)9-10-16(2,3)4/h5-8,13,17H,9-12H2,1-4H3. The zero-order chi connectivity index (χ0) is 14.3. The van der Waals surface area contributed by atoms with Crippen LogP contribution in [0.1, 0.15) is 39.7 Å². The van der Waals surface area contributed by atoms with Gasteiger partial charge in [0.05, 0.1) is 13.2 Å². The smallest absolute Gasteiger partial charge is 0.197 e. The van der Waals surface area contributed by atoms with Gasteiger partial charge in [-0.3, -0.25) is 0 Å². The van der Waals surface area contributed by atoms with Crippen molar-refractivity contribution in [2.75, 3.05) is 13.2 Å². The van der Waals surface area contributed by atoms with Gasteiger partial charge in [0.15, 0.2) is 6.29 Å². The first-order chi connectivity index (χ1) is 8.90. The summed E-state index contributed by atoms with van der Waals surface area (Å²) < 4.78 is 10.8. The highest BCUT2D eigenvalue weighted by Crippen LogP contribution is 2.22.